The molecule has 3 aromatic heterocycles. The van der Waals surface area contributed by atoms with Crippen molar-refractivity contribution in [2.45, 2.75) is 102 Å². The Bertz CT molecular complexity index is 1580. The molecule has 0 fully saturated rings. The lowest BCUT2D eigenvalue weighted by Gasteiger charge is -2.22. The van der Waals surface area contributed by atoms with Gasteiger partial charge in [-0.2, -0.15) is 0 Å². The maximum atomic E-state index is 13.9. The van der Waals surface area contributed by atoms with Crippen LogP contribution in [0.4, 0.5) is 8.78 Å². The first-order valence-electron chi connectivity index (χ1n) is 17.1. The fraction of sp³-hybridized carbons (Fsp3) is 0.436. The fourth-order valence-electron chi connectivity index (χ4n) is 3.43. The third-order valence-electron chi connectivity index (χ3n) is 5.64. The monoisotopic (exact) mass is 738 g/mol. The third kappa shape index (κ3) is 18.0. The molecular formula is C39H61ClF2N4O5. The molecule has 0 bridgehead atoms. The first kappa shape index (κ1) is 53.6. The number of hydrogen-bond acceptors (Lipinski definition) is 7. The van der Waals surface area contributed by atoms with Crippen molar-refractivity contribution in [3.63, 3.8) is 0 Å². The second-order valence-corrected chi connectivity index (χ2v) is 9.63. The zero-order chi connectivity index (χ0) is 40.7. The normalized spacial score (nSPS) is 10.3. The van der Waals surface area contributed by atoms with Crippen LogP contribution in [0.15, 0.2) is 82.8 Å². The standard InChI is InChI=1S/C27H27ClF2N4O4.C2H6O.4C2H6.C2H4/c1-5-9-31-23(34-10-6-7-19(25(34)36)27(3,4)16-35)8-11-33-17(2)12-22(24(28)26(33)37)38-15-21-20(30)13-18(29)14-32-21;1-2-3;5*1-2/h5-14,35H,15-16H2,1-4H3;3H,2H2,1H3;4*1-2H3;1-2H2/b9-5+,11-8+,31-23-;;;;;;. The average molecular weight is 739 g/mol. The topological polar surface area (TPSA) is 119 Å². The van der Waals surface area contributed by atoms with E-state index in [1.807, 2.05) is 55.4 Å². The zero-order valence-corrected chi connectivity index (χ0v) is 33.6. The molecule has 3 aromatic rings. The molecule has 0 aliphatic rings. The van der Waals surface area contributed by atoms with Crippen molar-refractivity contribution in [3.8, 4) is 5.75 Å². The van der Waals surface area contributed by atoms with E-state index in [0.717, 1.165) is 6.20 Å². The minimum Gasteiger partial charge on any atom is -0.485 e. The highest BCUT2D eigenvalue weighted by atomic mass is 35.5. The van der Waals surface area contributed by atoms with E-state index in [4.69, 9.17) is 21.4 Å². The summed E-state index contributed by atoms with van der Waals surface area (Å²) in [6.07, 6.45) is 8.45. The molecule has 0 amide bonds. The molecule has 0 aromatic carbocycles. The first-order valence-corrected chi connectivity index (χ1v) is 17.4. The van der Waals surface area contributed by atoms with Gasteiger partial charge < -0.3 is 14.9 Å². The number of allylic oxidation sites excluding steroid dienone is 2. The summed E-state index contributed by atoms with van der Waals surface area (Å²) in [5.41, 5.74) is -1.10. The van der Waals surface area contributed by atoms with E-state index in [-0.39, 0.29) is 47.7 Å². The number of nitrogens with zero attached hydrogens (tertiary/aromatic N) is 4. The van der Waals surface area contributed by atoms with Crippen LogP contribution in [0.3, 0.4) is 0 Å². The lowest BCUT2D eigenvalue weighted by Crippen LogP contribution is -2.36. The predicted octanol–water partition coefficient (Wildman–Crippen LogP) is 9.35. The molecule has 0 aliphatic carbocycles. The second-order valence-electron chi connectivity index (χ2n) is 9.25. The third-order valence-corrected chi connectivity index (χ3v) is 5.99. The van der Waals surface area contributed by atoms with E-state index in [9.17, 15) is 23.5 Å². The number of halogens is 3. The van der Waals surface area contributed by atoms with Crippen LogP contribution in [0.2, 0.25) is 5.02 Å². The molecule has 0 aliphatic heterocycles. The van der Waals surface area contributed by atoms with Crippen molar-refractivity contribution in [3.05, 3.63) is 122 Å². The van der Waals surface area contributed by atoms with Gasteiger partial charge >= 0.3 is 0 Å². The van der Waals surface area contributed by atoms with Gasteiger partial charge in [-0.1, -0.05) is 93.0 Å². The number of aromatic nitrogens is 3. The Morgan fingerprint density at radius 1 is 1.04 bits per heavy atom. The van der Waals surface area contributed by atoms with Crippen LogP contribution in [0.25, 0.3) is 6.20 Å². The van der Waals surface area contributed by atoms with E-state index in [1.165, 1.54) is 39.9 Å². The molecule has 51 heavy (non-hydrogen) atoms. The summed E-state index contributed by atoms with van der Waals surface area (Å²) < 4.78 is 35.0. The van der Waals surface area contributed by atoms with E-state index in [2.05, 4.69) is 23.1 Å². The average Bonchev–Trinajstić information content (AvgIpc) is 3.15. The smallest absolute Gasteiger partial charge is 0.277 e. The molecule has 0 spiro atoms. The summed E-state index contributed by atoms with van der Waals surface area (Å²) in [6.45, 7) is 30.2. The van der Waals surface area contributed by atoms with Gasteiger partial charge in [0.1, 0.15) is 34.7 Å². The summed E-state index contributed by atoms with van der Waals surface area (Å²) >= 11 is 6.24. The highest BCUT2D eigenvalue weighted by Crippen LogP contribution is 2.23. The molecule has 12 heteroatoms. The molecule has 2 N–H and O–H groups in total. The number of aliphatic hydroxyl groups excluding tert-OH is 2. The van der Waals surface area contributed by atoms with Gasteiger partial charge in [-0.25, -0.2) is 13.8 Å². The van der Waals surface area contributed by atoms with Crippen LogP contribution in [0, 0.1) is 18.6 Å². The molecule has 3 heterocycles. The minimum atomic E-state index is -0.885. The lowest BCUT2D eigenvalue weighted by molar-refractivity contribution is 0.217. The van der Waals surface area contributed by atoms with Crippen molar-refractivity contribution < 1.29 is 23.7 Å². The Balaban J connectivity index is -0.000000757. The maximum absolute atomic E-state index is 13.9. The number of ether oxygens (including phenoxy) is 1. The van der Waals surface area contributed by atoms with Crippen molar-refractivity contribution in [2.24, 2.45) is 4.99 Å². The zero-order valence-electron chi connectivity index (χ0n) is 32.9. The summed E-state index contributed by atoms with van der Waals surface area (Å²) in [5, 5.41) is 17.0. The fourth-order valence-corrected chi connectivity index (χ4v) is 3.63. The van der Waals surface area contributed by atoms with Crippen molar-refractivity contribution in [2.75, 3.05) is 13.2 Å². The van der Waals surface area contributed by atoms with E-state index in [0.29, 0.717) is 17.3 Å². The second kappa shape index (κ2) is 31.8. The van der Waals surface area contributed by atoms with Gasteiger partial charge in [-0.3, -0.25) is 23.7 Å². The molecule has 0 atom stereocenters. The SMILES string of the molecule is C/C=C/N=C(/C=C/n1c(C)cc(OCc2ncc(F)cc2F)c(Cl)c1=O)n1cccc(C(C)(C)CO)c1=O.C=C.CC.CC.CC.CC.CCO. The van der Waals surface area contributed by atoms with Crippen LogP contribution in [0.5, 0.6) is 5.75 Å². The van der Waals surface area contributed by atoms with Crippen molar-refractivity contribution in [1.82, 2.24) is 14.1 Å². The summed E-state index contributed by atoms with van der Waals surface area (Å²) in [5.74, 6) is -1.49. The quantitative estimate of drug-likeness (QED) is 0.135. The summed E-state index contributed by atoms with van der Waals surface area (Å²) in [4.78, 5) is 34.2. The minimum absolute atomic E-state index is 0.00213. The number of aliphatic hydroxyl groups is 2. The van der Waals surface area contributed by atoms with Gasteiger partial charge in [0.05, 0.1) is 12.8 Å². The molecule has 3 rings (SSSR count). The Morgan fingerprint density at radius 2 is 1.59 bits per heavy atom. The first-order chi connectivity index (χ1) is 24.4. The maximum Gasteiger partial charge on any atom is 0.277 e. The predicted molar refractivity (Wildman–Crippen MR) is 212 cm³/mol. The number of pyridine rings is 3. The van der Waals surface area contributed by atoms with Crippen LogP contribution in [-0.2, 0) is 12.0 Å². The Morgan fingerprint density at radius 3 is 2.08 bits per heavy atom. The van der Waals surface area contributed by atoms with Gasteiger partial charge in [-0.05, 0) is 32.9 Å². The van der Waals surface area contributed by atoms with E-state index in [1.54, 1.807) is 52.8 Å². The lowest BCUT2D eigenvalue weighted by atomic mass is 9.86. The Labute approximate surface area is 309 Å². The van der Waals surface area contributed by atoms with Crippen molar-refractivity contribution >= 4 is 23.6 Å². The van der Waals surface area contributed by atoms with Crippen LogP contribution in [0.1, 0.15) is 100 Å². The highest BCUT2D eigenvalue weighted by molar-refractivity contribution is 6.31. The van der Waals surface area contributed by atoms with Crippen LogP contribution in [-0.4, -0.2) is 43.4 Å². The van der Waals surface area contributed by atoms with Gasteiger partial charge in [0, 0.05) is 54.0 Å². The Kier molecular flexibility index (Phi) is 33.4. The number of aryl methyl sites for hydroxylation is 1. The van der Waals surface area contributed by atoms with Gasteiger partial charge in [0.2, 0.25) is 0 Å². The van der Waals surface area contributed by atoms with Crippen LogP contribution >= 0.6 is 11.6 Å². The molecule has 9 nitrogen and oxygen atoms in total. The number of hydrogen-bond donors (Lipinski definition) is 2. The number of rotatable bonds is 8. The highest BCUT2D eigenvalue weighted by Gasteiger charge is 2.24. The molecule has 0 saturated heterocycles. The molecular weight excluding hydrogens is 678 g/mol. The molecule has 288 valence electrons. The molecule has 0 saturated carbocycles. The number of aliphatic imine (C=N–C) groups is 1. The van der Waals surface area contributed by atoms with Crippen LogP contribution < -0.4 is 15.9 Å². The van der Waals surface area contributed by atoms with E-state index < -0.39 is 22.6 Å². The van der Waals surface area contributed by atoms with Gasteiger partial charge in [0.15, 0.2) is 5.82 Å². The molecule has 0 radical (unpaired) electrons. The largest absolute Gasteiger partial charge is 0.485 e. The van der Waals surface area contributed by atoms with Crippen molar-refractivity contribution in [1.29, 1.82) is 0 Å². The Hall–Kier alpha value is -4.19. The summed E-state index contributed by atoms with van der Waals surface area (Å²) in [7, 11) is 0. The molecule has 0 unspecified atom stereocenters. The van der Waals surface area contributed by atoms with Gasteiger partial charge in [-0.15, -0.1) is 13.2 Å². The van der Waals surface area contributed by atoms with Gasteiger partial charge in [0.25, 0.3) is 11.1 Å². The summed E-state index contributed by atoms with van der Waals surface area (Å²) in [6, 6.07) is 5.48. The van der Waals surface area contributed by atoms with E-state index >= 15 is 0 Å².